The zero-order valence-corrected chi connectivity index (χ0v) is 13.4. The number of nitrogens with zero attached hydrogens (tertiary/aromatic N) is 4. The van der Waals surface area contributed by atoms with E-state index in [4.69, 9.17) is 15.0 Å². The van der Waals surface area contributed by atoms with Crippen molar-refractivity contribution in [2.45, 2.75) is 0 Å². The molecule has 1 aromatic carbocycles. The third-order valence-corrected chi connectivity index (χ3v) is 3.85. The van der Waals surface area contributed by atoms with Gasteiger partial charge in [-0.25, -0.2) is 23.7 Å². The number of aromatic nitrogens is 4. The number of hydrogen-bond acceptors (Lipinski definition) is 7. The van der Waals surface area contributed by atoms with E-state index in [1.165, 1.54) is 37.9 Å². The molecule has 0 atom stereocenters. The minimum Gasteiger partial charge on any atom is -0.494 e. The molecule has 7 nitrogen and oxygen atoms in total. The molecule has 4 rings (SSSR count). The van der Waals surface area contributed by atoms with Gasteiger partial charge in [0.1, 0.15) is 46.7 Å². The number of nitrogen functional groups attached to an aromatic ring is 1. The van der Waals surface area contributed by atoms with E-state index in [0.717, 1.165) is 6.07 Å². The van der Waals surface area contributed by atoms with Crippen LogP contribution in [-0.4, -0.2) is 27.2 Å². The number of anilines is 1. The van der Waals surface area contributed by atoms with Gasteiger partial charge in [0.2, 0.25) is 0 Å². The van der Waals surface area contributed by atoms with E-state index in [0.29, 0.717) is 11.3 Å². The van der Waals surface area contributed by atoms with Crippen LogP contribution in [0.2, 0.25) is 0 Å². The molecule has 2 N–H and O–H groups in total. The monoisotopic (exact) mass is 355 g/mol. The molecule has 0 unspecified atom stereocenters. The fourth-order valence-corrected chi connectivity index (χ4v) is 2.61. The number of pyridine rings is 1. The molecule has 9 heteroatoms. The molecular weight excluding hydrogens is 344 g/mol. The van der Waals surface area contributed by atoms with Crippen molar-refractivity contribution < 1.29 is 18.0 Å². The van der Waals surface area contributed by atoms with E-state index in [2.05, 4.69) is 20.1 Å². The Bertz CT molecular complexity index is 1120. The molecule has 0 spiro atoms. The van der Waals surface area contributed by atoms with Gasteiger partial charge in [0.25, 0.3) is 0 Å². The molecular formula is C17H11F2N5O2. The molecule has 0 aliphatic carbocycles. The molecule has 0 radical (unpaired) electrons. The maximum absolute atomic E-state index is 14.5. The number of ether oxygens (including phenoxy) is 1. The summed E-state index contributed by atoms with van der Waals surface area (Å²) in [6, 6.07) is 5.04. The van der Waals surface area contributed by atoms with Crippen molar-refractivity contribution in [1.82, 2.24) is 20.1 Å². The van der Waals surface area contributed by atoms with Gasteiger partial charge >= 0.3 is 0 Å². The zero-order valence-electron chi connectivity index (χ0n) is 13.4. The number of rotatable bonds is 3. The topological polar surface area (TPSA) is 100.0 Å². The Kier molecular flexibility index (Phi) is 3.68. The van der Waals surface area contributed by atoms with Crippen LogP contribution in [0.25, 0.3) is 33.5 Å². The number of methoxy groups -OCH3 is 1. The van der Waals surface area contributed by atoms with Gasteiger partial charge in [-0.2, -0.15) is 0 Å². The van der Waals surface area contributed by atoms with Gasteiger partial charge in [-0.15, -0.1) is 0 Å². The highest BCUT2D eigenvalue weighted by atomic mass is 19.1. The lowest BCUT2D eigenvalue weighted by Crippen LogP contribution is -2.00. The maximum atomic E-state index is 14.5. The second kappa shape index (κ2) is 6.03. The second-order valence-electron chi connectivity index (χ2n) is 5.36. The van der Waals surface area contributed by atoms with Gasteiger partial charge in [0.05, 0.1) is 12.8 Å². The largest absolute Gasteiger partial charge is 0.494 e. The van der Waals surface area contributed by atoms with Crippen LogP contribution in [0.3, 0.4) is 0 Å². The van der Waals surface area contributed by atoms with Crippen LogP contribution in [0, 0.1) is 11.6 Å². The predicted octanol–water partition coefficient (Wildman–Crippen LogP) is 3.22. The molecule has 0 fully saturated rings. The summed E-state index contributed by atoms with van der Waals surface area (Å²) in [4.78, 5) is 12.3. The van der Waals surface area contributed by atoms with Crippen molar-refractivity contribution in [3.8, 4) is 28.3 Å². The van der Waals surface area contributed by atoms with Crippen LogP contribution < -0.4 is 10.5 Å². The molecule has 0 saturated heterocycles. The normalized spacial score (nSPS) is 11.0. The maximum Gasteiger partial charge on any atom is 0.153 e. The Balaban J connectivity index is 1.98. The molecule has 130 valence electrons. The first kappa shape index (κ1) is 15.9. The smallest absolute Gasteiger partial charge is 0.153 e. The van der Waals surface area contributed by atoms with E-state index in [1.807, 2.05) is 0 Å². The van der Waals surface area contributed by atoms with Crippen molar-refractivity contribution in [2.24, 2.45) is 0 Å². The molecule has 0 bridgehead atoms. The summed E-state index contributed by atoms with van der Waals surface area (Å²) in [6.45, 7) is 0. The summed E-state index contributed by atoms with van der Waals surface area (Å²) in [5.74, 6) is -1.10. The van der Waals surface area contributed by atoms with E-state index < -0.39 is 11.6 Å². The Labute approximate surface area is 145 Å². The summed E-state index contributed by atoms with van der Waals surface area (Å²) in [5.41, 5.74) is 7.05. The number of nitrogens with two attached hydrogens (primary N) is 1. The molecule has 3 heterocycles. The summed E-state index contributed by atoms with van der Waals surface area (Å²) < 4.78 is 38.7. The molecule has 0 saturated carbocycles. The standard InChI is InChI=1S/C17H11F2N5O2/c1-25-14-6-13(23-16-15(14)21-7-22-17(16)20)9-4-8(10(18)5-11(9)19)12-2-3-26-24-12/h2-7H,1H3,(H2,20,21,22). The summed E-state index contributed by atoms with van der Waals surface area (Å²) >= 11 is 0. The van der Waals surface area contributed by atoms with E-state index in [9.17, 15) is 8.78 Å². The van der Waals surface area contributed by atoms with Gasteiger partial charge in [-0.3, -0.25) is 0 Å². The lowest BCUT2D eigenvalue weighted by atomic mass is 10.0. The van der Waals surface area contributed by atoms with Crippen molar-refractivity contribution in [1.29, 1.82) is 0 Å². The van der Waals surface area contributed by atoms with Crippen LogP contribution in [-0.2, 0) is 0 Å². The Morgan fingerprint density at radius 2 is 1.77 bits per heavy atom. The van der Waals surface area contributed by atoms with E-state index in [-0.39, 0.29) is 33.8 Å². The molecule has 0 amide bonds. The lowest BCUT2D eigenvalue weighted by molar-refractivity contribution is 0.418. The van der Waals surface area contributed by atoms with Crippen molar-refractivity contribution in [2.75, 3.05) is 12.8 Å². The van der Waals surface area contributed by atoms with Crippen LogP contribution in [0.15, 0.2) is 41.4 Å². The van der Waals surface area contributed by atoms with Crippen LogP contribution in [0.1, 0.15) is 0 Å². The first-order valence-corrected chi connectivity index (χ1v) is 7.44. The Morgan fingerprint density at radius 1 is 1.00 bits per heavy atom. The molecule has 4 aromatic rings. The van der Waals surface area contributed by atoms with E-state index in [1.54, 1.807) is 0 Å². The van der Waals surface area contributed by atoms with Crippen molar-refractivity contribution >= 4 is 16.9 Å². The average molecular weight is 355 g/mol. The fraction of sp³-hybridized carbons (Fsp3) is 0.0588. The van der Waals surface area contributed by atoms with Gasteiger partial charge in [0, 0.05) is 29.3 Å². The summed E-state index contributed by atoms with van der Waals surface area (Å²) in [6.07, 6.45) is 2.58. The van der Waals surface area contributed by atoms with Crippen molar-refractivity contribution in [3.05, 3.63) is 48.5 Å². The molecule has 26 heavy (non-hydrogen) atoms. The second-order valence-corrected chi connectivity index (χ2v) is 5.36. The zero-order chi connectivity index (χ0) is 18.3. The van der Waals surface area contributed by atoms with Crippen LogP contribution in [0.5, 0.6) is 5.75 Å². The van der Waals surface area contributed by atoms with Crippen LogP contribution >= 0.6 is 0 Å². The number of hydrogen-bond donors (Lipinski definition) is 1. The SMILES string of the molecule is COc1cc(-c2cc(-c3ccon3)c(F)cc2F)nc2c(N)ncnc12. The predicted molar refractivity (Wildman–Crippen MR) is 89.1 cm³/mol. The Hall–Kier alpha value is -3.62. The van der Waals surface area contributed by atoms with E-state index >= 15 is 0 Å². The highest BCUT2D eigenvalue weighted by molar-refractivity contribution is 5.91. The third-order valence-electron chi connectivity index (χ3n) is 3.85. The minimum absolute atomic E-state index is 0.0489. The lowest BCUT2D eigenvalue weighted by Gasteiger charge is -2.11. The first-order valence-electron chi connectivity index (χ1n) is 7.44. The van der Waals surface area contributed by atoms with Crippen molar-refractivity contribution in [3.63, 3.8) is 0 Å². The first-order chi connectivity index (χ1) is 12.6. The van der Waals surface area contributed by atoms with Gasteiger partial charge in [-0.1, -0.05) is 5.16 Å². The highest BCUT2D eigenvalue weighted by Gasteiger charge is 2.18. The summed E-state index contributed by atoms with van der Waals surface area (Å²) in [7, 11) is 1.44. The fourth-order valence-electron chi connectivity index (χ4n) is 2.61. The molecule has 3 aromatic heterocycles. The van der Waals surface area contributed by atoms with Crippen LogP contribution in [0.4, 0.5) is 14.6 Å². The number of benzene rings is 1. The quantitative estimate of drug-likeness (QED) is 0.602. The number of fused-ring (bicyclic) bond motifs is 1. The third kappa shape index (κ3) is 2.50. The highest BCUT2D eigenvalue weighted by Crippen LogP contribution is 2.34. The van der Waals surface area contributed by atoms with Gasteiger partial charge in [-0.05, 0) is 6.07 Å². The molecule has 0 aliphatic rings. The minimum atomic E-state index is -0.793. The average Bonchev–Trinajstić information content (AvgIpc) is 3.16. The molecule has 0 aliphatic heterocycles. The summed E-state index contributed by atoms with van der Waals surface area (Å²) in [5, 5.41) is 3.69. The number of halogens is 2. The van der Waals surface area contributed by atoms with Gasteiger partial charge < -0.3 is 15.0 Å². The van der Waals surface area contributed by atoms with Gasteiger partial charge in [0.15, 0.2) is 5.82 Å². The Morgan fingerprint density at radius 3 is 2.46 bits per heavy atom.